The highest BCUT2D eigenvalue weighted by atomic mass is 16.4. The van der Waals surface area contributed by atoms with Crippen LogP contribution in [0.15, 0.2) is 78.3 Å². The van der Waals surface area contributed by atoms with E-state index < -0.39 is 7.12 Å². The zero-order valence-corrected chi connectivity index (χ0v) is 12.0. The Bertz CT molecular complexity index is 755. The van der Waals surface area contributed by atoms with Gasteiger partial charge in [-0.3, -0.25) is 0 Å². The van der Waals surface area contributed by atoms with Crippen LogP contribution >= 0.6 is 0 Å². The van der Waals surface area contributed by atoms with Gasteiger partial charge in [0.2, 0.25) is 0 Å². The molecule has 0 spiro atoms. The lowest BCUT2D eigenvalue weighted by Crippen LogP contribution is -2.31. The van der Waals surface area contributed by atoms with Crippen LogP contribution in [0, 0.1) is 0 Å². The second-order valence-corrected chi connectivity index (χ2v) is 5.68. The third-order valence-electron chi connectivity index (χ3n) is 4.41. The van der Waals surface area contributed by atoms with Crippen molar-refractivity contribution < 1.29 is 10.0 Å². The number of hydrogen-bond acceptors (Lipinski definition) is 3. The summed E-state index contributed by atoms with van der Waals surface area (Å²) in [5.74, 6) is 0.235. The molecule has 3 nitrogen and oxygen atoms in total. The Morgan fingerprint density at radius 2 is 1.64 bits per heavy atom. The number of rotatable bonds is 2. The minimum Gasteiger partial charge on any atom is -0.423 e. The summed E-state index contributed by atoms with van der Waals surface area (Å²) in [5, 5.41) is 19.0. The number of anilines is 2. The van der Waals surface area contributed by atoms with Crippen LogP contribution in [0.3, 0.4) is 0 Å². The first kappa shape index (κ1) is 13.4. The quantitative estimate of drug-likeness (QED) is 0.836. The smallest absolute Gasteiger partial charge is 0.423 e. The molecule has 2 N–H and O–H groups in total. The molecular weight excluding hydrogens is 273 g/mol. The maximum atomic E-state index is 9.49. The van der Waals surface area contributed by atoms with Gasteiger partial charge >= 0.3 is 7.12 Å². The van der Waals surface area contributed by atoms with Crippen LogP contribution in [-0.2, 0) is 0 Å². The third kappa shape index (κ3) is 2.00. The molecule has 2 atom stereocenters. The molecule has 2 aliphatic rings. The zero-order chi connectivity index (χ0) is 15.1. The van der Waals surface area contributed by atoms with E-state index in [1.807, 2.05) is 36.4 Å². The van der Waals surface area contributed by atoms with Crippen molar-refractivity contribution in [2.45, 2.75) is 12.0 Å². The molecule has 2 unspecified atom stereocenters. The van der Waals surface area contributed by atoms with E-state index in [1.54, 1.807) is 0 Å². The van der Waals surface area contributed by atoms with Crippen LogP contribution in [0.25, 0.3) is 0 Å². The number of benzene rings is 2. The van der Waals surface area contributed by atoms with Crippen LogP contribution in [0.5, 0.6) is 0 Å². The summed E-state index contributed by atoms with van der Waals surface area (Å²) in [6.07, 6.45) is 5.85. The Kier molecular flexibility index (Phi) is 3.14. The van der Waals surface area contributed by atoms with Gasteiger partial charge in [-0.05, 0) is 29.2 Å². The Hall–Kier alpha value is -2.30. The zero-order valence-electron chi connectivity index (χ0n) is 12.0. The van der Waals surface area contributed by atoms with Gasteiger partial charge in [0, 0.05) is 17.3 Å². The minimum atomic E-state index is -1.43. The van der Waals surface area contributed by atoms with Gasteiger partial charge in [0.1, 0.15) is 0 Å². The normalized spacial score (nSPS) is 22.1. The molecular formula is C18H16BNO2. The minimum absolute atomic E-state index is 0.0709. The fourth-order valence-electron chi connectivity index (χ4n) is 3.43. The number of para-hydroxylation sites is 2. The number of allylic oxidation sites excluding steroid dienone is 2. The molecule has 0 bridgehead atoms. The predicted molar refractivity (Wildman–Crippen MR) is 89.0 cm³/mol. The Labute approximate surface area is 130 Å². The molecule has 2 aromatic carbocycles. The Morgan fingerprint density at radius 1 is 0.909 bits per heavy atom. The van der Waals surface area contributed by atoms with Crippen molar-refractivity contribution in [3.8, 4) is 0 Å². The molecule has 108 valence electrons. The van der Waals surface area contributed by atoms with Crippen molar-refractivity contribution in [2.75, 3.05) is 4.90 Å². The molecule has 0 aromatic heterocycles. The van der Waals surface area contributed by atoms with Gasteiger partial charge in [-0.25, -0.2) is 0 Å². The van der Waals surface area contributed by atoms with Crippen molar-refractivity contribution in [3.05, 3.63) is 83.9 Å². The number of hydrogen-bond donors (Lipinski definition) is 2. The number of fused-ring (bicyclic) bond motifs is 3. The fraction of sp³-hybridized carbons (Fsp3) is 0.111. The maximum absolute atomic E-state index is 9.49. The monoisotopic (exact) mass is 289 g/mol. The van der Waals surface area contributed by atoms with Crippen molar-refractivity contribution in [3.63, 3.8) is 0 Å². The van der Waals surface area contributed by atoms with Crippen LogP contribution in [0.1, 0.15) is 11.5 Å². The summed E-state index contributed by atoms with van der Waals surface area (Å²) in [7, 11) is -1.43. The lowest BCUT2D eigenvalue weighted by molar-refractivity contribution is 0.420. The van der Waals surface area contributed by atoms with Crippen LogP contribution in [0.2, 0.25) is 0 Å². The molecule has 1 heterocycles. The van der Waals surface area contributed by atoms with Gasteiger partial charge in [0.15, 0.2) is 0 Å². The van der Waals surface area contributed by atoms with E-state index in [2.05, 4.69) is 41.3 Å². The largest absolute Gasteiger partial charge is 0.488 e. The first-order valence-electron chi connectivity index (χ1n) is 7.45. The van der Waals surface area contributed by atoms with E-state index in [1.165, 1.54) is 11.3 Å². The van der Waals surface area contributed by atoms with Gasteiger partial charge in [-0.15, -0.1) is 0 Å². The van der Waals surface area contributed by atoms with Crippen LogP contribution in [0.4, 0.5) is 11.4 Å². The summed E-state index contributed by atoms with van der Waals surface area (Å²) in [6.45, 7) is 0. The molecule has 0 amide bonds. The highest BCUT2D eigenvalue weighted by molar-refractivity contribution is 6.51. The van der Waals surface area contributed by atoms with Gasteiger partial charge in [-0.1, -0.05) is 54.6 Å². The molecule has 0 saturated carbocycles. The second kappa shape index (κ2) is 5.16. The van der Waals surface area contributed by atoms with Crippen molar-refractivity contribution in [2.24, 2.45) is 0 Å². The summed E-state index contributed by atoms with van der Waals surface area (Å²) in [4.78, 5) is 2.27. The Balaban J connectivity index is 1.86. The average Bonchev–Trinajstić information content (AvgIpc) is 2.89. The number of nitrogens with zero attached hydrogens (tertiary/aromatic N) is 1. The topological polar surface area (TPSA) is 43.7 Å². The van der Waals surface area contributed by atoms with Gasteiger partial charge in [0.05, 0.1) is 6.04 Å². The predicted octanol–water partition coefficient (Wildman–Crippen LogP) is 2.80. The van der Waals surface area contributed by atoms with E-state index in [-0.39, 0.29) is 12.0 Å². The average molecular weight is 289 g/mol. The molecule has 0 fully saturated rings. The maximum Gasteiger partial charge on any atom is 0.488 e. The van der Waals surface area contributed by atoms with Crippen molar-refractivity contribution >= 4 is 18.5 Å². The Morgan fingerprint density at radius 3 is 2.41 bits per heavy atom. The van der Waals surface area contributed by atoms with E-state index in [4.69, 9.17) is 0 Å². The fourth-order valence-corrected chi connectivity index (χ4v) is 3.43. The molecule has 22 heavy (non-hydrogen) atoms. The first-order chi connectivity index (χ1) is 10.8. The van der Waals surface area contributed by atoms with E-state index >= 15 is 0 Å². The SMILES string of the molecule is OB(O)C1=CC2C(C=C1)c1ccccc1N2c1ccccc1. The summed E-state index contributed by atoms with van der Waals surface area (Å²) >= 11 is 0. The second-order valence-electron chi connectivity index (χ2n) is 5.68. The van der Waals surface area contributed by atoms with Crippen LogP contribution in [-0.4, -0.2) is 23.2 Å². The van der Waals surface area contributed by atoms with E-state index in [0.717, 1.165) is 5.69 Å². The summed E-state index contributed by atoms with van der Waals surface area (Å²) < 4.78 is 0. The first-order valence-corrected chi connectivity index (χ1v) is 7.45. The molecule has 1 aliphatic heterocycles. The molecule has 0 radical (unpaired) electrons. The van der Waals surface area contributed by atoms with Crippen molar-refractivity contribution in [1.29, 1.82) is 0 Å². The van der Waals surface area contributed by atoms with Gasteiger partial charge < -0.3 is 14.9 Å². The van der Waals surface area contributed by atoms with E-state index in [0.29, 0.717) is 5.47 Å². The molecule has 2 aromatic rings. The highest BCUT2D eigenvalue weighted by Crippen LogP contribution is 2.47. The van der Waals surface area contributed by atoms with Crippen molar-refractivity contribution in [1.82, 2.24) is 0 Å². The molecule has 4 heteroatoms. The summed E-state index contributed by atoms with van der Waals surface area (Å²) in [6, 6.07) is 18.7. The highest BCUT2D eigenvalue weighted by Gasteiger charge is 2.38. The lowest BCUT2D eigenvalue weighted by Gasteiger charge is -2.30. The van der Waals surface area contributed by atoms with Crippen LogP contribution < -0.4 is 4.90 Å². The van der Waals surface area contributed by atoms with Gasteiger partial charge in [0.25, 0.3) is 0 Å². The summed E-state index contributed by atoms with van der Waals surface area (Å²) in [5.41, 5.74) is 4.12. The van der Waals surface area contributed by atoms with Gasteiger partial charge in [-0.2, -0.15) is 0 Å². The molecule has 1 aliphatic carbocycles. The standard InChI is InChI=1S/C18H16BNO2/c21-19(22)13-10-11-16-15-8-4-5-9-17(15)20(18(16)12-13)14-6-2-1-3-7-14/h1-12,16,18,21-22H. The third-order valence-corrected chi connectivity index (χ3v) is 4.41. The molecule has 4 rings (SSSR count). The molecule has 0 saturated heterocycles. The van der Waals surface area contributed by atoms with E-state index in [9.17, 15) is 10.0 Å². The lowest BCUT2D eigenvalue weighted by atomic mass is 9.73.